The summed E-state index contributed by atoms with van der Waals surface area (Å²) >= 11 is 14.3. The van der Waals surface area contributed by atoms with Gasteiger partial charge in [-0.3, -0.25) is 14.4 Å². The van der Waals surface area contributed by atoms with Crippen molar-refractivity contribution in [1.82, 2.24) is 4.98 Å². The molecule has 210 valence electrons. The first-order valence-electron chi connectivity index (χ1n) is 12.1. The monoisotopic (exact) mass is 636 g/mol. The van der Waals surface area contributed by atoms with Crippen LogP contribution in [0.4, 0.5) is 18.9 Å². The van der Waals surface area contributed by atoms with Crippen molar-refractivity contribution in [3.05, 3.63) is 108 Å². The second-order valence-corrected chi connectivity index (χ2v) is 12.4. The van der Waals surface area contributed by atoms with Crippen LogP contribution in [-0.4, -0.2) is 22.0 Å². The Morgan fingerprint density at radius 1 is 0.927 bits per heavy atom. The van der Waals surface area contributed by atoms with Crippen molar-refractivity contribution in [1.29, 1.82) is 0 Å². The van der Waals surface area contributed by atoms with E-state index in [1.807, 2.05) is 0 Å². The Morgan fingerprint density at radius 3 is 2.39 bits per heavy atom. The number of amides is 2. The number of ether oxygens (including phenoxy) is 1. The first-order valence-corrected chi connectivity index (χ1v) is 14.6. The van der Waals surface area contributed by atoms with Gasteiger partial charge in [-0.1, -0.05) is 64.5 Å². The van der Waals surface area contributed by atoms with Gasteiger partial charge in [-0.15, -0.1) is 0 Å². The second kappa shape index (κ2) is 10.5. The lowest BCUT2D eigenvalue weighted by Crippen LogP contribution is -2.32. The number of H-pyrrole nitrogens is 1. The van der Waals surface area contributed by atoms with Gasteiger partial charge < -0.3 is 9.72 Å². The fourth-order valence-corrected chi connectivity index (χ4v) is 7.88. The van der Waals surface area contributed by atoms with Crippen molar-refractivity contribution in [2.24, 2.45) is 5.92 Å². The third-order valence-corrected chi connectivity index (χ3v) is 9.76. The van der Waals surface area contributed by atoms with Crippen LogP contribution in [0.2, 0.25) is 10.0 Å². The van der Waals surface area contributed by atoms with Crippen LogP contribution >= 0.6 is 46.3 Å². The third-order valence-electron chi connectivity index (χ3n) is 6.87. The van der Waals surface area contributed by atoms with Crippen LogP contribution in [0.15, 0.2) is 76.6 Å². The van der Waals surface area contributed by atoms with Gasteiger partial charge in [0.2, 0.25) is 11.8 Å². The van der Waals surface area contributed by atoms with Crippen molar-refractivity contribution >= 4 is 63.8 Å². The summed E-state index contributed by atoms with van der Waals surface area (Å²) in [6.45, 7) is 0.154. The molecule has 4 aromatic rings. The van der Waals surface area contributed by atoms with E-state index in [1.165, 1.54) is 6.07 Å². The zero-order valence-corrected chi connectivity index (χ0v) is 23.7. The molecule has 0 bridgehead atoms. The third kappa shape index (κ3) is 5.16. The number of alkyl halides is 3. The van der Waals surface area contributed by atoms with Crippen molar-refractivity contribution in [3.8, 4) is 5.75 Å². The predicted octanol–water partition coefficient (Wildman–Crippen LogP) is 7.14. The number of thioether (sulfide) groups is 1. The van der Waals surface area contributed by atoms with Crippen LogP contribution in [0, 0.1) is 5.92 Å². The Bertz CT molecular complexity index is 1740. The average Bonchev–Trinajstić information content (AvgIpc) is 3.42. The number of fused-ring (bicyclic) bond motifs is 2. The SMILES string of the molecule is O=C1[C@H]2[C@H](c3cc(Cl)ccc3OCc3ccc(Cl)cc3)c3sc(=O)[nH]c3S[C@H]2C(=O)N1c1cccc(C(F)(F)F)c1. The van der Waals surface area contributed by atoms with Crippen LogP contribution in [0.25, 0.3) is 0 Å². The van der Waals surface area contributed by atoms with Crippen molar-refractivity contribution in [2.75, 3.05) is 4.90 Å². The molecular formula is C28H17Cl2F3N2O4S2. The minimum Gasteiger partial charge on any atom is -0.489 e. The molecule has 0 unspecified atom stereocenters. The molecule has 1 aromatic heterocycles. The maximum Gasteiger partial charge on any atom is 0.416 e. The van der Waals surface area contributed by atoms with E-state index >= 15 is 0 Å². The molecule has 6 rings (SSSR count). The zero-order chi connectivity index (χ0) is 29.1. The van der Waals surface area contributed by atoms with E-state index in [2.05, 4.69) is 4.98 Å². The van der Waals surface area contributed by atoms with Gasteiger partial charge >= 0.3 is 11.0 Å². The number of carbonyl (C=O) groups is 2. The van der Waals surface area contributed by atoms with Crippen LogP contribution in [-0.2, 0) is 22.4 Å². The maximum absolute atomic E-state index is 14.0. The molecule has 0 spiro atoms. The highest BCUT2D eigenvalue weighted by Gasteiger charge is 2.57. The Balaban J connectivity index is 1.43. The van der Waals surface area contributed by atoms with E-state index in [1.54, 1.807) is 42.5 Å². The molecule has 13 heteroatoms. The number of rotatable bonds is 5. The quantitative estimate of drug-likeness (QED) is 0.236. The highest BCUT2D eigenvalue weighted by atomic mass is 35.5. The standard InChI is InChI=1S/C28H17Cl2F3N2O4S2/c29-15-6-4-13(5-7-15)12-39-19-9-8-16(30)11-18(19)20-21-23(40-24-22(20)41-27(38)34-24)26(37)35(25(21)36)17-3-1-2-14(10-17)28(31,32)33/h1-11,20-21,23H,12H2,(H,34,38)/t20-,21-,23+/m0/s1. The summed E-state index contributed by atoms with van der Waals surface area (Å²) in [6, 6.07) is 16.0. The molecule has 41 heavy (non-hydrogen) atoms. The van der Waals surface area contributed by atoms with Gasteiger partial charge in [0.05, 0.1) is 22.2 Å². The topological polar surface area (TPSA) is 79.5 Å². The Kier molecular flexibility index (Phi) is 7.17. The molecule has 2 amide bonds. The summed E-state index contributed by atoms with van der Waals surface area (Å²) in [7, 11) is 0. The summed E-state index contributed by atoms with van der Waals surface area (Å²) in [4.78, 5) is 43.7. The van der Waals surface area contributed by atoms with Gasteiger partial charge in [-0.25, -0.2) is 4.90 Å². The molecule has 0 aliphatic carbocycles. The van der Waals surface area contributed by atoms with Gasteiger partial charge in [0.1, 0.15) is 17.6 Å². The van der Waals surface area contributed by atoms with Crippen molar-refractivity contribution in [3.63, 3.8) is 0 Å². The van der Waals surface area contributed by atoms with E-state index in [4.69, 9.17) is 27.9 Å². The molecule has 3 atom stereocenters. The molecule has 1 fully saturated rings. The minimum atomic E-state index is -4.66. The summed E-state index contributed by atoms with van der Waals surface area (Å²) in [5.41, 5.74) is 0.143. The predicted molar refractivity (Wildman–Crippen MR) is 151 cm³/mol. The fourth-order valence-electron chi connectivity index (χ4n) is 5.06. The molecule has 0 saturated carbocycles. The maximum atomic E-state index is 14.0. The van der Waals surface area contributed by atoms with Crippen LogP contribution in [0.1, 0.15) is 27.5 Å². The molecule has 1 saturated heterocycles. The highest BCUT2D eigenvalue weighted by Crippen LogP contribution is 2.55. The number of nitrogens with zero attached hydrogens (tertiary/aromatic N) is 1. The first kappa shape index (κ1) is 27.9. The number of halogens is 5. The van der Waals surface area contributed by atoms with E-state index in [-0.39, 0.29) is 17.2 Å². The first-order chi connectivity index (χ1) is 19.5. The lowest BCUT2D eigenvalue weighted by Gasteiger charge is -2.31. The number of hydrogen-bond donors (Lipinski definition) is 1. The number of nitrogens with one attached hydrogen (secondary N) is 1. The Morgan fingerprint density at radius 2 is 1.66 bits per heavy atom. The molecule has 1 N–H and O–H groups in total. The van der Waals surface area contributed by atoms with Crippen molar-refractivity contribution in [2.45, 2.75) is 29.0 Å². The number of carbonyl (C=O) groups excluding carboxylic acids is 2. The molecule has 2 aliphatic heterocycles. The van der Waals surface area contributed by atoms with Crippen molar-refractivity contribution < 1.29 is 27.5 Å². The number of benzene rings is 3. The van der Waals surface area contributed by atoms with Crippen LogP contribution in [0.3, 0.4) is 0 Å². The smallest absolute Gasteiger partial charge is 0.416 e. The molecule has 3 aromatic carbocycles. The van der Waals surface area contributed by atoms with Crippen LogP contribution < -0.4 is 14.5 Å². The van der Waals surface area contributed by atoms with Crippen LogP contribution in [0.5, 0.6) is 5.75 Å². The number of aromatic amines is 1. The summed E-state index contributed by atoms with van der Waals surface area (Å²) in [5, 5.41) is 0.325. The van der Waals surface area contributed by atoms with Gasteiger partial charge in [0, 0.05) is 26.4 Å². The normalized spacial score (nSPS) is 20.2. The van der Waals surface area contributed by atoms with Gasteiger partial charge in [0.15, 0.2) is 0 Å². The fraction of sp³-hybridized carbons (Fsp3) is 0.179. The van der Waals surface area contributed by atoms with E-state index < -0.39 is 40.6 Å². The summed E-state index contributed by atoms with van der Waals surface area (Å²) in [6.07, 6.45) is -4.66. The summed E-state index contributed by atoms with van der Waals surface area (Å²) in [5.74, 6) is -2.82. The van der Waals surface area contributed by atoms with E-state index in [9.17, 15) is 27.6 Å². The molecule has 6 nitrogen and oxygen atoms in total. The minimum absolute atomic E-state index is 0.154. The molecule has 2 aliphatic rings. The summed E-state index contributed by atoms with van der Waals surface area (Å²) < 4.78 is 46.5. The largest absolute Gasteiger partial charge is 0.489 e. The van der Waals surface area contributed by atoms with E-state index in [0.29, 0.717) is 31.3 Å². The second-order valence-electron chi connectivity index (χ2n) is 9.41. The van der Waals surface area contributed by atoms with Gasteiger partial charge in [-0.05, 0) is 54.1 Å². The Labute approximate surface area is 249 Å². The lowest BCUT2D eigenvalue weighted by molar-refractivity contribution is -0.137. The lowest BCUT2D eigenvalue weighted by atomic mass is 9.82. The molecule has 0 radical (unpaired) electrons. The zero-order valence-electron chi connectivity index (χ0n) is 20.6. The number of imide groups is 1. The average molecular weight is 637 g/mol. The van der Waals surface area contributed by atoms with Gasteiger partial charge in [-0.2, -0.15) is 13.2 Å². The highest BCUT2D eigenvalue weighted by molar-refractivity contribution is 8.00. The molecular weight excluding hydrogens is 620 g/mol. The number of hydrogen-bond acceptors (Lipinski definition) is 6. The van der Waals surface area contributed by atoms with E-state index in [0.717, 1.165) is 51.8 Å². The Hall–Kier alpha value is -3.25. The number of aromatic nitrogens is 1. The number of thiazole rings is 1. The molecule has 3 heterocycles. The number of anilines is 1. The van der Waals surface area contributed by atoms with Gasteiger partial charge in [0.25, 0.3) is 0 Å².